The lowest BCUT2D eigenvalue weighted by Crippen LogP contribution is -2.29. The van der Waals surface area contributed by atoms with E-state index in [0.29, 0.717) is 11.4 Å². The summed E-state index contributed by atoms with van der Waals surface area (Å²) in [6, 6.07) is 4.46. The van der Waals surface area contributed by atoms with Crippen molar-refractivity contribution >= 4 is 11.8 Å². The summed E-state index contributed by atoms with van der Waals surface area (Å²) < 4.78 is 25.1. The highest BCUT2D eigenvalue weighted by molar-refractivity contribution is 7.98. The van der Waals surface area contributed by atoms with Crippen molar-refractivity contribution in [2.24, 2.45) is 0 Å². The van der Waals surface area contributed by atoms with Gasteiger partial charge in [-0.1, -0.05) is 6.07 Å². The first kappa shape index (κ1) is 14.5. The molecule has 0 aliphatic heterocycles. The maximum Gasteiger partial charge on any atom is 0.313 e. The molecule has 1 heterocycles. The van der Waals surface area contributed by atoms with Gasteiger partial charge >= 0.3 is 11.1 Å². The van der Waals surface area contributed by atoms with E-state index in [9.17, 15) is 18.4 Å². The third kappa shape index (κ3) is 3.36. The van der Waals surface area contributed by atoms with Crippen LogP contribution in [0.2, 0.25) is 0 Å². The first-order valence-electron chi connectivity index (χ1n) is 5.80. The molecular weight excluding hydrogens is 286 g/mol. The quantitative estimate of drug-likeness (QED) is 0.673. The van der Waals surface area contributed by atoms with Gasteiger partial charge in [-0.15, -0.1) is 11.8 Å². The van der Waals surface area contributed by atoms with Crippen LogP contribution in [0, 0.1) is 6.92 Å². The molecule has 106 valence electrons. The Labute approximate surface area is 117 Å². The molecule has 0 radical (unpaired) electrons. The summed E-state index contributed by atoms with van der Waals surface area (Å²) in [7, 11) is 0. The maximum atomic E-state index is 12.5. The number of alkyl halides is 2. The van der Waals surface area contributed by atoms with Crippen LogP contribution in [0.1, 0.15) is 23.2 Å². The molecule has 0 saturated carbocycles. The van der Waals surface area contributed by atoms with E-state index in [2.05, 4.69) is 9.97 Å². The zero-order valence-electron chi connectivity index (χ0n) is 10.6. The highest BCUT2D eigenvalue weighted by Crippen LogP contribution is 2.28. The molecule has 1 aromatic carbocycles. The van der Waals surface area contributed by atoms with Gasteiger partial charge in [0.1, 0.15) is 0 Å². The minimum absolute atomic E-state index is 0.00991. The average Bonchev–Trinajstić information content (AvgIpc) is 2.41. The molecule has 0 aliphatic rings. The summed E-state index contributed by atoms with van der Waals surface area (Å²) in [6.45, 7) is 1.75. The van der Waals surface area contributed by atoms with E-state index in [-0.39, 0.29) is 5.56 Å². The van der Waals surface area contributed by atoms with Gasteiger partial charge < -0.3 is 9.97 Å². The van der Waals surface area contributed by atoms with Crippen molar-refractivity contribution in [1.29, 1.82) is 0 Å². The fourth-order valence-corrected chi connectivity index (χ4v) is 2.58. The molecule has 0 aliphatic carbocycles. The van der Waals surface area contributed by atoms with Crippen molar-refractivity contribution in [3.8, 4) is 0 Å². The van der Waals surface area contributed by atoms with Crippen molar-refractivity contribution in [3.63, 3.8) is 0 Å². The fraction of sp³-hybridized carbons (Fsp3) is 0.231. The summed E-state index contributed by atoms with van der Waals surface area (Å²) in [5.41, 5.74) is -0.0927. The van der Waals surface area contributed by atoms with Crippen molar-refractivity contribution in [1.82, 2.24) is 9.97 Å². The lowest BCUT2D eigenvalue weighted by atomic mass is 10.1. The number of benzene rings is 1. The minimum Gasteiger partial charge on any atom is -0.323 e. The Morgan fingerprint density at radius 3 is 2.60 bits per heavy atom. The van der Waals surface area contributed by atoms with Crippen molar-refractivity contribution < 1.29 is 8.78 Å². The molecule has 0 bridgehead atoms. The largest absolute Gasteiger partial charge is 0.323 e. The number of hydrogen-bond acceptors (Lipinski definition) is 3. The van der Waals surface area contributed by atoms with Gasteiger partial charge in [0.2, 0.25) is 0 Å². The second kappa shape index (κ2) is 6.04. The molecule has 2 rings (SSSR count). The van der Waals surface area contributed by atoms with Gasteiger partial charge in [0, 0.05) is 28.1 Å². The van der Waals surface area contributed by atoms with Gasteiger partial charge in [0.05, 0.1) is 0 Å². The van der Waals surface area contributed by atoms with Crippen molar-refractivity contribution in [3.05, 3.63) is 61.9 Å². The SMILES string of the molecule is Cc1cc(C(F)F)ccc1SCc1c[nH]c(=O)c(=O)[nH]1. The Bertz CT molecular complexity index is 725. The summed E-state index contributed by atoms with van der Waals surface area (Å²) in [6.07, 6.45) is -1.05. The number of halogens is 2. The van der Waals surface area contributed by atoms with Crippen molar-refractivity contribution in [2.75, 3.05) is 0 Å². The molecule has 20 heavy (non-hydrogen) atoms. The highest BCUT2D eigenvalue weighted by Gasteiger charge is 2.09. The molecule has 0 saturated heterocycles. The van der Waals surface area contributed by atoms with Crippen LogP contribution in [0.25, 0.3) is 0 Å². The van der Waals surface area contributed by atoms with Crippen molar-refractivity contribution in [2.45, 2.75) is 24.0 Å². The van der Waals surface area contributed by atoms with Crippen LogP contribution in [-0.2, 0) is 5.75 Å². The summed E-state index contributed by atoms with van der Waals surface area (Å²) in [5, 5.41) is 0. The molecule has 0 atom stereocenters. The predicted octanol–water partition coefficient (Wildman–Crippen LogP) is 2.60. The zero-order chi connectivity index (χ0) is 14.7. The second-order valence-electron chi connectivity index (χ2n) is 4.21. The number of rotatable bonds is 4. The number of aromatic amines is 2. The van der Waals surface area contributed by atoms with Gasteiger partial charge in [0.25, 0.3) is 6.43 Å². The fourth-order valence-electron chi connectivity index (χ4n) is 1.66. The number of thioether (sulfide) groups is 1. The lowest BCUT2D eigenvalue weighted by Gasteiger charge is -2.07. The summed E-state index contributed by atoms with van der Waals surface area (Å²) in [5.74, 6) is 0.431. The Morgan fingerprint density at radius 1 is 1.25 bits per heavy atom. The molecule has 1 aromatic heterocycles. The maximum absolute atomic E-state index is 12.5. The van der Waals surface area contributed by atoms with Crippen LogP contribution in [0.15, 0.2) is 38.9 Å². The molecule has 0 amide bonds. The summed E-state index contributed by atoms with van der Waals surface area (Å²) >= 11 is 1.40. The zero-order valence-corrected chi connectivity index (χ0v) is 11.4. The number of aryl methyl sites for hydroxylation is 1. The van der Waals surface area contributed by atoms with Gasteiger partial charge in [-0.3, -0.25) is 9.59 Å². The molecular formula is C13H12F2N2O2S. The van der Waals surface area contributed by atoms with Gasteiger partial charge in [-0.2, -0.15) is 0 Å². The second-order valence-corrected chi connectivity index (χ2v) is 5.23. The van der Waals surface area contributed by atoms with Crippen LogP contribution >= 0.6 is 11.8 Å². The lowest BCUT2D eigenvalue weighted by molar-refractivity contribution is 0.151. The van der Waals surface area contributed by atoms with E-state index in [1.54, 1.807) is 13.0 Å². The number of hydrogen-bond donors (Lipinski definition) is 2. The van der Waals surface area contributed by atoms with Gasteiger partial charge in [-0.05, 0) is 24.6 Å². The molecule has 2 aromatic rings. The third-order valence-corrected chi connectivity index (χ3v) is 3.92. The van der Waals surface area contributed by atoms with E-state index in [1.807, 2.05) is 0 Å². The molecule has 0 fully saturated rings. The standard InChI is InChI=1S/C13H12F2N2O2S/c1-7-4-8(11(14)15)2-3-10(7)20-6-9-5-16-12(18)13(19)17-9/h2-5,11H,6H2,1H3,(H,16,18)(H,17,19). The normalized spacial score (nSPS) is 11.0. The first-order valence-corrected chi connectivity index (χ1v) is 6.78. The highest BCUT2D eigenvalue weighted by atomic mass is 32.2. The first-order chi connectivity index (χ1) is 9.47. The topological polar surface area (TPSA) is 65.7 Å². The molecule has 2 N–H and O–H groups in total. The van der Waals surface area contributed by atoms with E-state index in [0.717, 1.165) is 10.5 Å². The van der Waals surface area contributed by atoms with Gasteiger partial charge in [-0.25, -0.2) is 8.78 Å². The third-order valence-electron chi connectivity index (χ3n) is 2.69. The molecule has 7 heteroatoms. The Hall–Kier alpha value is -1.89. The van der Waals surface area contributed by atoms with E-state index < -0.39 is 17.5 Å². The van der Waals surface area contributed by atoms with Crippen LogP contribution in [0.3, 0.4) is 0 Å². The minimum atomic E-state index is -2.48. The Morgan fingerprint density at radius 2 is 2.00 bits per heavy atom. The average molecular weight is 298 g/mol. The smallest absolute Gasteiger partial charge is 0.313 e. The number of H-pyrrole nitrogens is 2. The number of aromatic nitrogens is 2. The van der Waals surface area contributed by atoms with E-state index in [4.69, 9.17) is 0 Å². The molecule has 4 nitrogen and oxygen atoms in total. The number of nitrogens with one attached hydrogen (secondary N) is 2. The Kier molecular flexibility index (Phi) is 4.39. The molecule has 0 unspecified atom stereocenters. The van der Waals surface area contributed by atoms with Crippen LogP contribution in [0.4, 0.5) is 8.78 Å². The summed E-state index contributed by atoms with van der Waals surface area (Å²) in [4.78, 5) is 27.7. The predicted molar refractivity (Wildman–Crippen MR) is 73.4 cm³/mol. The van der Waals surface area contributed by atoms with Crippen LogP contribution in [0.5, 0.6) is 0 Å². The van der Waals surface area contributed by atoms with E-state index >= 15 is 0 Å². The Balaban J connectivity index is 2.12. The van der Waals surface area contributed by atoms with Crippen LogP contribution < -0.4 is 11.1 Å². The van der Waals surface area contributed by atoms with E-state index in [1.165, 1.54) is 30.1 Å². The molecule has 0 spiro atoms. The van der Waals surface area contributed by atoms with Gasteiger partial charge in [0.15, 0.2) is 0 Å². The van der Waals surface area contributed by atoms with Crippen LogP contribution in [-0.4, -0.2) is 9.97 Å². The monoisotopic (exact) mass is 298 g/mol.